The van der Waals surface area contributed by atoms with E-state index in [0.717, 1.165) is 0 Å². The van der Waals surface area contributed by atoms with Gasteiger partial charge in [0.15, 0.2) is 0 Å². The van der Waals surface area contributed by atoms with Gasteiger partial charge < -0.3 is 10.5 Å². The number of nitrogens with zero attached hydrogens (tertiary/aromatic N) is 3. The Balaban J connectivity index is 3.04. The van der Waals surface area contributed by atoms with Gasteiger partial charge in [-0.3, -0.25) is 10.1 Å². The van der Waals surface area contributed by atoms with Gasteiger partial charge in [0, 0.05) is 7.11 Å². The van der Waals surface area contributed by atoms with Crippen molar-refractivity contribution < 1.29 is 9.66 Å². The molecule has 0 saturated heterocycles. The molecular weight excluding hydrogens is 236 g/mol. The van der Waals surface area contributed by atoms with Gasteiger partial charge in [0.2, 0.25) is 5.82 Å². The standard InChI is InChI=1S/C11H20N4O3/c1-7(6-11(3,4)18-5)14-10(12)9(15(16)17)8(2)13-14/h7H,6,12H2,1-5H3. The van der Waals surface area contributed by atoms with E-state index in [1.54, 1.807) is 14.0 Å². The zero-order valence-electron chi connectivity index (χ0n) is 11.4. The summed E-state index contributed by atoms with van der Waals surface area (Å²) >= 11 is 0. The van der Waals surface area contributed by atoms with Crippen LogP contribution in [0.3, 0.4) is 0 Å². The fraction of sp³-hybridized carbons (Fsp3) is 0.727. The Morgan fingerprint density at radius 1 is 1.61 bits per heavy atom. The molecule has 0 bridgehead atoms. The topological polar surface area (TPSA) is 96.2 Å². The van der Waals surface area contributed by atoms with Crippen LogP contribution in [0.2, 0.25) is 0 Å². The quantitative estimate of drug-likeness (QED) is 0.642. The second kappa shape index (κ2) is 4.93. The Morgan fingerprint density at radius 3 is 2.56 bits per heavy atom. The molecule has 0 saturated carbocycles. The van der Waals surface area contributed by atoms with E-state index in [1.807, 2.05) is 20.8 Å². The SMILES string of the molecule is COC(C)(C)CC(C)n1nc(C)c([N+](=O)[O-])c1N. The molecule has 0 aliphatic rings. The van der Waals surface area contributed by atoms with Gasteiger partial charge in [-0.15, -0.1) is 0 Å². The lowest BCUT2D eigenvalue weighted by Crippen LogP contribution is -2.27. The van der Waals surface area contributed by atoms with Crippen molar-refractivity contribution >= 4 is 11.5 Å². The zero-order chi connectivity index (χ0) is 14.1. The van der Waals surface area contributed by atoms with E-state index >= 15 is 0 Å². The number of nitrogen functional groups attached to an aromatic ring is 1. The van der Waals surface area contributed by atoms with Gasteiger partial charge in [-0.25, -0.2) is 4.68 Å². The highest BCUT2D eigenvalue weighted by molar-refractivity contribution is 5.56. The summed E-state index contributed by atoms with van der Waals surface area (Å²) in [6.07, 6.45) is 0.659. The fourth-order valence-electron chi connectivity index (χ4n) is 2.00. The lowest BCUT2D eigenvalue weighted by Gasteiger charge is -2.26. The maximum atomic E-state index is 10.9. The van der Waals surface area contributed by atoms with Crippen LogP contribution in [0.5, 0.6) is 0 Å². The molecule has 0 radical (unpaired) electrons. The Hall–Kier alpha value is -1.63. The number of methoxy groups -OCH3 is 1. The molecule has 102 valence electrons. The third kappa shape index (κ3) is 2.79. The monoisotopic (exact) mass is 256 g/mol. The summed E-state index contributed by atoms with van der Waals surface area (Å²) in [5.74, 6) is 0.0944. The molecule has 18 heavy (non-hydrogen) atoms. The number of hydrogen-bond acceptors (Lipinski definition) is 5. The average Bonchev–Trinajstić information content (AvgIpc) is 2.53. The molecule has 1 atom stereocenters. The van der Waals surface area contributed by atoms with Gasteiger partial charge in [0.05, 0.1) is 16.6 Å². The molecule has 0 amide bonds. The van der Waals surface area contributed by atoms with E-state index in [0.29, 0.717) is 12.1 Å². The van der Waals surface area contributed by atoms with Gasteiger partial charge in [0.25, 0.3) is 0 Å². The Kier molecular flexibility index (Phi) is 3.95. The number of hydrogen-bond donors (Lipinski definition) is 1. The minimum Gasteiger partial charge on any atom is -0.379 e. The summed E-state index contributed by atoms with van der Waals surface area (Å²) in [4.78, 5) is 10.4. The molecule has 1 rings (SSSR count). The average molecular weight is 256 g/mol. The van der Waals surface area contributed by atoms with Crippen molar-refractivity contribution in [3.05, 3.63) is 15.8 Å². The van der Waals surface area contributed by atoms with Crippen molar-refractivity contribution in [3.8, 4) is 0 Å². The molecule has 0 spiro atoms. The van der Waals surface area contributed by atoms with E-state index in [-0.39, 0.29) is 23.1 Å². The molecule has 1 unspecified atom stereocenters. The molecule has 0 aromatic carbocycles. The summed E-state index contributed by atoms with van der Waals surface area (Å²) < 4.78 is 6.83. The number of aromatic nitrogens is 2. The van der Waals surface area contributed by atoms with E-state index in [1.165, 1.54) is 4.68 Å². The van der Waals surface area contributed by atoms with Crippen LogP contribution in [0.4, 0.5) is 11.5 Å². The first kappa shape index (κ1) is 14.4. The maximum absolute atomic E-state index is 10.9. The molecule has 0 aliphatic heterocycles. The number of aryl methyl sites for hydroxylation is 1. The van der Waals surface area contributed by atoms with Gasteiger partial charge >= 0.3 is 5.69 Å². The van der Waals surface area contributed by atoms with Crippen molar-refractivity contribution in [3.63, 3.8) is 0 Å². The first-order valence-corrected chi connectivity index (χ1v) is 5.73. The maximum Gasteiger partial charge on any atom is 0.333 e. The van der Waals surface area contributed by atoms with Crippen molar-refractivity contribution in [1.29, 1.82) is 0 Å². The second-order valence-electron chi connectivity index (χ2n) is 5.04. The Morgan fingerprint density at radius 2 is 2.17 bits per heavy atom. The molecule has 1 aromatic heterocycles. The minimum atomic E-state index is -0.498. The van der Waals surface area contributed by atoms with E-state index in [9.17, 15) is 10.1 Å². The number of rotatable bonds is 5. The highest BCUT2D eigenvalue weighted by Gasteiger charge is 2.28. The largest absolute Gasteiger partial charge is 0.379 e. The first-order valence-electron chi connectivity index (χ1n) is 5.73. The van der Waals surface area contributed by atoms with Crippen LogP contribution in [0, 0.1) is 17.0 Å². The Labute approximate surface area is 106 Å². The third-order valence-corrected chi connectivity index (χ3v) is 3.03. The summed E-state index contributed by atoms with van der Waals surface area (Å²) in [6, 6.07) is -0.0765. The zero-order valence-corrected chi connectivity index (χ0v) is 11.4. The van der Waals surface area contributed by atoms with Crippen molar-refractivity contribution in [1.82, 2.24) is 9.78 Å². The number of anilines is 1. The molecule has 2 N–H and O–H groups in total. The number of nitro groups is 1. The van der Waals surface area contributed by atoms with Gasteiger partial charge in [-0.1, -0.05) is 0 Å². The van der Waals surface area contributed by atoms with E-state index in [4.69, 9.17) is 10.5 Å². The van der Waals surface area contributed by atoms with E-state index in [2.05, 4.69) is 5.10 Å². The third-order valence-electron chi connectivity index (χ3n) is 3.03. The van der Waals surface area contributed by atoms with Crippen molar-refractivity contribution in [2.75, 3.05) is 12.8 Å². The van der Waals surface area contributed by atoms with Crippen LogP contribution >= 0.6 is 0 Å². The fourth-order valence-corrected chi connectivity index (χ4v) is 2.00. The number of nitrogens with two attached hydrogens (primary N) is 1. The second-order valence-corrected chi connectivity index (χ2v) is 5.04. The number of ether oxygens (including phenoxy) is 1. The first-order chi connectivity index (χ1) is 8.19. The summed E-state index contributed by atoms with van der Waals surface area (Å²) in [5, 5.41) is 15.0. The van der Waals surface area contributed by atoms with Crippen molar-refractivity contribution in [2.24, 2.45) is 0 Å². The molecule has 7 nitrogen and oxygen atoms in total. The highest BCUT2D eigenvalue weighted by atomic mass is 16.6. The molecule has 1 heterocycles. The van der Waals surface area contributed by atoms with Gasteiger partial charge in [-0.05, 0) is 34.1 Å². The highest BCUT2D eigenvalue weighted by Crippen LogP contribution is 2.31. The molecule has 1 aromatic rings. The summed E-state index contributed by atoms with van der Waals surface area (Å²) in [5.41, 5.74) is 5.67. The van der Waals surface area contributed by atoms with Crippen LogP contribution in [-0.4, -0.2) is 27.4 Å². The minimum absolute atomic E-state index is 0.0765. The predicted molar refractivity (Wildman–Crippen MR) is 68.4 cm³/mol. The predicted octanol–water partition coefficient (Wildman–Crippen LogP) is 2.06. The molecule has 7 heteroatoms. The molecule has 0 aliphatic carbocycles. The Bertz CT molecular complexity index is 453. The smallest absolute Gasteiger partial charge is 0.333 e. The van der Waals surface area contributed by atoms with E-state index < -0.39 is 4.92 Å². The molecular formula is C11H20N4O3. The van der Waals surface area contributed by atoms with Crippen LogP contribution in [0.25, 0.3) is 0 Å². The van der Waals surface area contributed by atoms with Crippen LogP contribution in [0.1, 0.15) is 38.9 Å². The van der Waals surface area contributed by atoms with Crippen LogP contribution < -0.4 is 5.73 Å². The summed E-state index contributed by atoms with van der Waals surface area (Å²) in [6.45, 7) is 7.39. The van der Waals surface area contributed by atoms with Gasteiger partial charge in [0.1, 0.15) is 5.69 Å². The van der Waals surface area contributed by atoms with Gasteiger partial charge in [-0.2, -0.15) is 5.10 Å². The normalized spacial score (nSPS) is 13.6. The molecule has 0 fully saturated rings. The van der Waals surface area contributed by atoms with Crippen LogP contribution in [-0.2, 0) is 4.74 Å². The lowest BCUT2D eigenvalue weighted by molar-refractivity contribution is -0.384. The van der Waals surface area contributed by atoms with Crippen LogP contribution in [0.15, 0.2) is 0 Å². The lowest BCUT2D eigenvalue weighted by atomic mass is 10.00. The van der Waals surface area contributed by atoms with Crippen molar-refractivity contribution in [2.45, 2.75) is 45.8 Å². The summed E-state index contributed by atoms with van der Waals surface area (Å²) in [7, 11) is 1.63.